The number of hydrogen-bond acceptors (Lipinski definition) is 3. The maximum atomic E-state index is 11.6. The van der Waals surface area contributed by atoms with Crippen molar-refractivity contribution in [2.45, 2.75) is 25.6 Å². The van der Waals surface area contributed by atoms with Crippen LogP contribution in [-0.4, -0.2) is 40.8 Å². The Hall–Kier alpha value is -1.88. The Morgan fingerprint density at radius 3 is 2.44 bits per heavy atom. The molecule has 0 aliphatic carbocycles. The average Bonchev–Trinajstić information content (AvgIpc) is 2.96. The Morgan fingerprint density at radius 1 is 1.33 bits per heavy atom. The van der Waals surface area contributed by atoms with Crippen LogP contribution in [-0.2, 0) is 16.1 Å². The summed E-state index contributed by atoms with van der Waals surface area (Å²) in [6.07, 6.45) is -0.984. The zero-order valence-corrected chi connectivity index (χ0v) is 10.4. The molecule has 1 aromatic carbocycles. The summed E-state index contributed by atoms with van der Waals surface area (Å²) in [7, 11) is 1.28. The molecule has 96 valence electrons. The molecule has 5 heteroatoms. The molecule has 3 unspecified atom stereocenters. The molecule has 1 aromatic rings. The summed E-state index contributed by atoms with van der Waals surface area (Å²) in [4.78, 5) is 23.1. The van der Waals surface area contributed by atoms with E-state index in [-0.39, 0.29) is 10.5 Å². The first-order valence-electron chi connectivity index (χ1n) is 5.76. The number of rotatable bonds is 3. The fourth-order valence-corrected chi connectivity index (χ4v) is 2.55. The van der Waals surface area contributed by atoms with Crippen LogP contribution in [0.4, 0.5) is 4.79 Å². The molecule has 1 amide bonds. The monoisotopic (exact) mass is 250 g/mol. The fourth-order valence-electron chi connectivity index (χ4n) is 2.55. The number of amides is 1. The number of benzene rings is 1. The van der Waals surface area contributed by atoms with Crippen LogP contribution in [0.3, 0.4) is 0 Å². The molecule has 0 aromatic heterocycles. The van der Waals surface area contributed by atoms with Crippen molar-refractivity contribution in [3.05, 3.63) is 35.9 Å². The lowest BCUT2D eigenvalue weighted by Gasteiger charge is -2.14. The summed E-state index contributed by atoms with van der Waals surface area (Å²) in [5, 5.41) is 9.41. The number of quaternary nitrogens is 1. The summed E-state index contributed by atoms with van der Waals surface area (Å²) in [5.41, 5.74) is 0.901. The lowest BCUT2D eigenvalue weighted by molar-refractivity contribution is -0.759. The van der Waals surface area contributed by atoms with Crippen LogP contribution in [0, 0.1) is 0 Å². The summed E-state index contributed by atoms with van der Waals surface area (Å²) < 4.78 is 4.40. The Kier molecular flexibility index (Phi) is 3.09. The Balaban J connectivity index is 2.26. The molecule has 0 radical (unpaired) electrons. The third-order valence-corrected chi connectivity index (χ3v) is 3.68. The van der Waals surface area contributed by atoms with Crippen molar-refractivity contribution in [1.29, 1.82) is 0 Å². The molecule has 3 atom stereocenters. The first-order valence-corrected chi connectivity index (χ1v) is 5.76. The van der Waals surface area contributed by atoms with Crippen LogP contribution < -0.4 is 0 Å². The highest BCUT2D eigenvalue weighted by molar-refractivity contribution is 5.81. The second-order valence-electron chi connectivity index (χ2n) is 4.57. The molecule has 1 N–H and O–H groups in total. The largest absolute Gasteiger partial charge is 0.515 e. The molecule has 18 heavy (non-hydrogen) atoms. The van der Waals surface area contributed by atoms with E-state index in [0.29, 0.717) is 6.54 Å². The fraction of sp³-hybridized carbons (Fsp3) is 0.385. The zero-order valence-electron chi connectivity index (χ0n) is 10.4. The lowest BCUT2D eigenvalue weighted by Crippen LogP contribution is -2.37. The van der Waals surface area contributed by atoms with E-state index in [2.05, 4.69) is 4.74 Å². The normalized spacial score (nSPS) is 29.7. The molecule has 1 saturated heterocycles. The average molecular weight is 250 g/mol. The molecule has 1 fully saturated rings. The second-order valence-corrected chi connectivity index (χ2v) is 4.57. The Morgan fingerprint density at radius 2 is 1.94 bits per heavy atom. The molecular formula is C13H16NO4+. The number of carbonyl (C=O) groups is 2. The van der Waals surface area contributed by atoms with Crippen LogP contribution in [0.5, 0.6) is 0 Å². The molecule has 1 heterocycles. The van der Waals surface area contributed by atoms with Gasteiger partial charge in [-0.15, -0.1) is 0 Å². The van der Waals surface area contributed by atoms with Gasteiger partial charge in [0, 0.05) is 5.56 Å². The van der Waals surface area contributed by atoms with Gasteiger partial charge in [-0.2, -0.15) is 9.28 Å². The zero-order chi connectivity index (χ0) is 13.3. The van der Waals surface area contributed by atoms with E-state index < -0.39 is 18.1 Å². The van der Waals surface area contributed by atoms with Crippen molar-refractivity contribution >= 4 is 12.1 Å². The van der Waals surface area contributed by atoms with Crippen molar-refractivity contribution in [1.82, 2.24) is 0 Å². The van der Waals surface area contributed by atoms with Gasteiger partial charge >= 0.3 is 12.1 Å². The lowest BCUT2D eigenvalue weighted by atomic mass is 10.2. The van der Waals surface area contributed by atoms with E-state index in [4.69, 9.17) is 0 Å². The van der Waals surface area contributed by atoms with E-state index in [1.807, 2.05) is 30.3 Å². The van der Waals surface area contributed by atoms with Gasteiger partial charge in [0.1, 0.15) is 6.54 Å². The van der Waals surface area contributed by atoms with E-state index in [9.17, 15) is 14.7 Å². The quantitative estimate of drug-likeness (QED) is 0.503. The Bertz CT molecular complexity index is 473. The van der Waals surface area contributed by atoms with Crippen molar-refractivity contribution in [2.75, 3.05) is 7.11 Å². The molecule has 1 aliphatic rings. The van der Waals surface area contributed by atoms with Crippen LogP contribution in [0.25, 0.3) is 0 Å². The molecule has 0 bridgehead atoms. The number of methoxy groups -OCH3 is 1. The van der Waals surface area contributed by atoms with Crippen LogP contribution >= 0.6 is 0 Å². The predicted molar refractivity (Wildman–Crippen MR) is 63.7 cm³/mol. The topological polar surface area (TPSA) is 63.6 Å². The highest BCUT2D eigenvalue weighted by atomic mass is 16.5. The minimum absolute atomic E-state index is 0.254. The van der Waals surface area contributed by atoms with Crippen molar-refractivity contribution < 1.29 is 23.9 Å². The summed E-state index contributed by atoms with van der Waals surface area (Å²) in [6, 6.07) is 8.45. The number of ether oxygens (including phenoxy) is 1. The van der Waals surface area contributed by atoms with Crippen LogP contribution in [0.1, 0.15) is 12.5 Å². The standard InChI is InChI=1S/C13H15NO4/c1-9-11(12(15)18-2)14(9,13(16)17)8-10-6-4-3-5-7-10/h3-7,9,11H,8H2,1-2H3/p+1. The Labute approximate surface area is 105 Å². The van der Waals surface area contributed by atoms with Crippen LogP contribution in [0.2, 0.25) is 0 Å². The maximum Gasteiger partial charge on any atom is 0.515 e. The highest BCUT2D eigenvalue weighted by Gasteiger charge is 2.74. The minimum atomic E-state index is -0.984. The van der Waals surface area contributed by atoms with Gasteiger partial charge in [-0.25, -0.2) is 4.79 Å². The van der Waals surface area contributed by atoms with Crippen molar-refractivity contribution in [3.8, 4) is 0 Å². The van der Waals surface area contributed by atoms with E-state index in [0.717, 1.165) is 5.56 Å². The van der Waals surface area contributed by atoms with E-state index in [1.54, 1.807) is 6.92 Å². The highest BCUT2D eigenvalue weighted by Crippen LogP contribution is 2.43. The van der Waals surface area contributed by atoms with Crippen molar-refractivity contribution in [3.63, 3.8) is 0 Å². The second kappa shape index (κ2) is 4.42. The SMILES string of the molecule is COC(=O)C1C(C)[N+]1(Cc1ccccc1)C(=O)O. The summed E-state index contributed by atoms with van der Waals surface area (Å²) in [6.45, 7) is 2.07. The minimum Gasteiger partial charge on any atom is -0.464 e. The third kappa shape index (κ3) is 1.76. The first-order chi connectivity index (χ1) is 8.54. The van der Waals surface area contributed by atoms with E-state index >= 15 is 0 Å². The summed E-state index contributed by atoms with van der Waals surface area (Å²) in [5.74, 6) is -0.458. The number of hydrogen-bond donors (Lipinski definition) is 1. The third-order valence-electron chi connectivity index (χ3n) is 3.68. The number of nitrogens with zero attached hydrogens (tertiary/aromatic N) is 1. The number of esters is 1. The number of carboxylic acid groups (broad SMARTS) is 1. The molecule has 0 saturated carbocycles. The van der Waals surface area contributed by atoms with Gasteiger partial charge in [0.2, 0.25) is 6.04 Å². The van der Waals surface area contributed by atoms with Gasteiger partial charge in [-0.1, -0.05) is 30.3 Å². The first kappa shape index (κ1) is 12.6. The van der Waals surface area contributed by atoms with Crippen LogP contribution in [0.15, 0.2) is 30.3 Å². The van der Waals surface area contributed by atoms with Gasteiger partial charge < -0.3 is 9.84 Å². The number of carbonyl (C=O) groups excluding carboxylic acids is 1. The maximum absolute atomic E-state index is 11.6. The van der Waals surface area contributed by atoms with Gasteiger partial charge in [0.05, 0.1) is 7.11 Å². The molecule has 1 aliphatic heterocycles. The summed E-state index contributed by atoms with van der Waals surface area (Å²) >= 11 is 0. The molecule has 2 rings (SSSR count). The molecule has 5 nitrogen and oxygen atoms in total. The predicted octanol–water partition coefficient (Wildman–Crippen LogP) is 1.63. The smallest absolute Gasteiger partial charge is 0.464 e. The van der Waals surface area contributed by atoms with E-state index in [1.165, 1.54) is 7.11 Å². The molecular weight excluding hydrogens is 234 g/mol. The van der Waals surface area contributed by atoms with Gasteiger partial charge in [-0.3, -0.25) is 0 Å². The van der Waals surface area contributed by atoms with Crippen molar-refractivity contribution in [2.24, 2.45) is 0 Å². The van der Waals surface area contributed by atoms with Gasteiger partial charge in [0.25, 0.3) is 0 Å². The van der Waals surface area contributed by atoms with Gasteiger partial charge in [0.15, 0.2) is 6.04 Å². The van der Waals surface area contributed by atoms with Gasteiger partial charge in [-0.05, 0) is 6.92 Å². The molecule has 0 spiro atoms.